The fourth-order valence-electron chi connectivity index (χ4n) is 2.60. The van der Waals surface area contributed by atoms with Crippen LogP contribution in [0.4, 0.5) is 11.8 Å². The van der Waals surface area contributed by atoms with Crippen LogP contribution in [0.2, 0.25) is 0 Å². The summed E-state index contributed by atoms with van der Waals surface area (Å²) in [7, 11) is 1.69. The van der Waals surface area contributed by atoms with Crippen molar-refractivity contribution < 1.29 is 14.9 Å². The van der Waals surface area contributed by atoms with Gasteiger partial charge in [-0.15, -0.1) is 0 Å². The topological polar surface area (TPSA) is 136 Å². The maximum atomic E-state index is 12.2. The Bertz CT molecular complexity index is 745. The third-order valence-electron chi connectivity index (χ3n) is 3.75. The van der Waals surface area contributed by atoms with Crippen LogP contribution in [0.5, 0.6) is 0 Å². The maximum absolute atomic E-state index is 12.2. The zero-order valence-corrected chi connectivity index (χ0v) is 12.7. The summed E-state index contributed by atoms with van der Waals surface area (Å²) in [6.45, 7) is 0.266. The number of aliphatic hydroxyl groups excluding tert-OH is 2. The summed E-state index contributed by atoms with van der Waals surface area (Å²) < 4.78 is 7.40. The van der Waals surface area contributed by atoms with Crippen molar-refractivity contribution in [2.24, 2.45) is 5.92 Å². The van der Waals surface area contributed by atoms with E-state index in [0.29, 0.717) is 16.2 Å². The Morgan fingerprint density at radius 2 is 2.32 bits per heavy atom. The summed E-state index contributed by atoms with van der Waals surface area (Å²) >= 11 is 1.02. The second kappa shape index (κ2) is 5.80. The van der Waals surface area contributed by atoms with E-state index in [9.17, 15) is 9.90 Å². The van der Waals surface area contributed by atoms with E-state index >= 15 is 0 Å². The normalized spacial score (nSPS) is 25.0. The Kier molecular flexibility index (Phi) is 4.00. The molecule has 1 aliphatic rings. The van der Waals surface area contributed by atoms with Gasteiger partial charge in [0.15, 0.2) is 11.5 Å². The molecule has 0 aromatic carbocycles. The lowest BCUT2D eigenvalue weighted by molar-refractivity contribution is 0.00119. The first-order valence-electron chi connectivity index (χ1n) is 6.80. The van der Waals surface area contributed by atoms with E-state index in [1.54, 1.807) is 7.05 Å². The van der Waals surface area contributed by atoms with Gasteiger partial charge >= 0.3 is 4.87 Å². The quantitative estimate of drug-likeness (QED) is 0.552. The van der Waals surface area contributed by atoms with E-state index in [2.05, 4.69) is 15.3 Å². The van der Waals surface area contributed by atoms with Crippen molar-refractivity contribution in [1.82, 2.24) is 14.5 Å². The van der Waals surface area contributed by atoms with E-state index in [1.165, 1.54) is 4.57 Å². The summed E-state index contributed by atoms with van der Waals surface area (Å²) in [5.74, 6) is 0.279. The van der Waals surface area contributed by atoms with Gasteiger partial charge in [0, 0.05) is 19.5 Å². The molecule has 22 heavy (non-hydrogen) atoms. The van der Waals surface area contributed by atoms with Gasteiger partial charge in [0.05, 0.1) is 19.3 Å². The number of ether oxygens (including phenoxy) is 1. The number of aromatic nitrogens is 3. The highest BCUT2D eigenvalue weighted by Crippen LogP contribution is 2.27. The molecular weight excluding hydrogens is 310 g/mol. The number of anilines is 2. The molecule has 9 nitrogen and oxygen atoms in total. The van der Waals surface area contributed by atoms with Gasteiger partial charge in [0.2, 0.25) is 5.95 Å². The number of aliphatic hydroxyl groups is 2. The fourth-order valence-corrected chi connectivity index (χ4v) is 3.53. The predicted octanol–water partition coefficient (Wildman–Crippen LogP) is -1.15. The molecule has 10 heteroatoms. The zero-order valence-electron chi connectivity index (χ0n) is 11.9. The molecule has 2 aromatic rings. The number of thiazole rings is 1. The minimum Gasteiger partial charge on any atom is -0.394 e. The van der Waals surface area contributed by atoms with Crippen LogP contribution in [-0.2, 0) is 11.3 Å². The van der Waals surface area contributed by atoms with Crippen LogP contribution in [0.25, 0.3) is 10.3 Å². The maximum Gasteiger partial charge on any atom is 0.309 e. The number of rotatable bonds is 4. The van der Waals surface area contributed by atoms with E-state index < -0.39 is 12.2 Å². The van der Waals surface area contributed by atoms with Crippen LogP contribution in [0.1, 0.15) is 0 Å². The monoisotopic (exact) mass is 327 g/mol. The first-order chi connectivity index (χ1) is 10.5. The lowest BCUT2D eigenvalue weighted by Gasteiger charge is -2.16. The highest BCUT2D eigenvalue weighted by atomic mass is 32.1. The van der Waals surface area contributed by atoms with Crippen molar-refractivity contribution >= 4 is 33.5 Å². The Labute approximate surface area is 129 Å². The van der Waals surface area contributed by atoms with Crippen molar-refractivity contribution in [2.45, 2.75) is 18.8 Å². The highest BCUT2D eigenvalue weighted by Gasteiger charge is 2.36. The van der Waals surface area contributed by atoms with Gasteiger partial charge in [-0.05, 0) is 0 Å². The SMILES string of the molecule is CNc1nc(N)nc2c1sc(=O)n2CC1CO[C@H](CO)[C@H]1O. The van der Waals surface area contributed by atoms with Gasteiger partial charge in [0.1, 0.15) is 10.8 Å². The number of nitrogens with two attached hydrogens (primary N) is 1. The van der Waals surface area contributed by atoms with Gasteiger partial charge in [-0.2, -0.15) is 9.97 Å². The van der Waals surface area contributed by atoms with Crippen LogP contribution >= 0.6 is 11.3 Å². The number of nitrogens with zero attached hydrogens (tertiary/aromatic N) is 3. The molecule has 1 fully saturated rings. The van der Waals surface area contributed by atoms with E-state index in [0.717, 1.165) is 11.3 Å². The standard InChI is InChI=1S/C12H17N5O4S/c1-14-9-8-10(16-11(13)15-9)17(12(20)22-8)2-5-4-21-6(3-18)7(5)19/h5-7,18-19H,2-4H2,1H3,(H3,13,14,15,16)/t5?,6-,7+/m1/s1. The van der Waals surface area contributed by atoms with Crippen LogP contribution in [0, 0.1) is 5.92 Å². The molecule has 0 radical (unpaired) electrons. The summed E-state index contributed by atoms with van der Waals surface area (Å²) in [6, 6.07) is 0. The molecule has 2 aromatic heterocycles. The molecule has 0 aliphatic carbocycles. The van der Waals surface area contributed by atoms with Crippen molar-refractivity contribution in [3.8, 4) is 0 Å². The average molecular weight is 327 g/mol. The minimum absolute atomic E-state index is 0.0693. The van der Waals surface area contributed by atoms with Crippen molar-refractivity contribution in [3.63, 3.8) is 0 Å². The van der Waals surface area contributed by atoms with E-state index in [4.69, 9.17) is 15.6 Å². The Hall–Kier alpha value is -1.75. The first kappa shape index (κ1) is 15.2. The van der Waals surface area contributed by atoms with Crippen LogP contribution in [0.15, 0.2) is 4.79 Å². The molecule has 0 saturated carbocycles. The van der Waals surface area contributed by atoms with E-state index in [-0.39, 0.29) is 36.5 Å². The van der Waals surface area contributed by atoms with Gasteiger partial charge < -0.3 is 26.0 Å². The third-order valence-corrected chi connectivity index (χ3v) is 4.73. The number of nitrogen functional groups attached to an aromatic ring is 1. The lowest BCUT2D eigenvalue weighted by atomic mass is 10.0. The number of fused-ring (bicyclic) bond motifs is 1. The van der Waals surface area contributed by atoms with Gasteiger partial charge in [-0.1, -0.05) is 11.3 Å². The average Bonchev–Trinajstić information content (AvgIpc) is 3.00. The summed E-state index contributed by atoms with van der Waals surface area (Å²) in [5.41, 5.74) is 6.11. The molecule has 1 saturated heterocycles. The van der Waals surface area contributed by atoms with Crippen LogP contribution in [-0.4, -0.2) is 57.2 Å². The lowest BCUT2D eigenvalue weighted by Crippen LogP contribution is -2.32. The summed E-state index contributed by atoms with van der Waals surface area (Å²) in [5, 5.41) is 22.1. The molecule has 0 spiro atoms. The molecule has 3 heterocycles. The molecule has 5 N–H and O–H groups in total. The Morgan fingerprint density at radius 1 is 1.55 bits per heavy atom. The zero-order chi connectivity index (χ0) is 15.9. The van der Waals surface area contributed by atoms with Crippen LogP contribution in [0.3, 0.4) is 0 Å². The van der Waals surface area contributed by atoms with Gasteiger partial charge in [-0.25, -0.2) is 0 Å². The number of nitrogens with one attached hydrogen (secondary N) is 1. The molecular formula is C12H17N5O4S. The second-order valence-electron chi connectivity index (χ2n) is 5.12. The van der Waals surface area contributed by atoms with Crippen molar-refractivity contribution in [1.29, 1.82) is 0 Å². The molecule has 3 atom stereocenters. The molecule has 0 bridgehead atoms. The molecule has 3 rings (SSSR count). The summed E-state index contributed by atoms with van der Waals surface area (Å²) in [6.07, 6.45) is -1.44. The molecule has 120 valence electrons. The van der Waals surface area contributed by atoms with Crippen molar-refractivity contribution in [2.75, 3.05) is 31.3 Å². The number of hydrogen-bond donors (Lipinski definition) is 4. The highest BCUT2D eigenvalue weighted by molar-refractivity contribution is 7.17. The fraction of sp³-hybridized carbons (Fsp3) is 0.583. The minimum atomic E-state index is -0.824. The number of hydrogen-bond acceptors (Lipinski definition) is 9. The predicted molar refractivity (Wildman–Crippen MR) is 82.0 cm³/mol. The first-order valence-corrected chi connectivity index (χ1v) is 7.62. The Balaban J connectivity index is 1.99. The Morgan fingerprint density at radius 3 is 2.95 bits per heavy atom. The third kappa shape index (κ3) is 2.43. The van der Waals surface area contributed by atoms with Crippen LogP contribution < -0.4 is 15.9 Å². The molecule has 0 amide bonds. The van der Waals surface area contributed by atoms with E-state index in [1.807, 2.05) is 0 Å². The van der Waals surface area contributed by atoms with Crippen molar-refractivity contribution in [3.05, 3.63) is 9.67 Å². The smallest absolute Gasteiger partial charge is 0.309 e. The largest absolute Gasteiger partial charge is 0.394 e. The second-order valence-corrected chi connectivity index (χ2v) is 6.08. The molecule has 1 aliphatic heterocycles. The van der Waals surface area contributed by atoms with Gasteiger partial charge in [-0.3, -0.25) is 9.36 Å². The summed E-state index contributed by atoms with van der Waals surface area (Å²) in [4.78, 5) is 20.2. The molecule has 1 unspecified atom stereocenters. The van der Waals surface area contributed by atoms with Gasteiger partial charge in [0.25, 0.3) is 0 Å².